The first-order chi connectivity index (χ1) is 13.7. The predicted octanol–water partition coefficient (Wildman–Crippen LogP) is 2.92. The summed E-state index contributed by atoms with van der Waals surface area (Å²) < 4.78 is 5.48. The van der Waals surface area contributed by atoms with E-state index < -0.39 is 5.91 Å². The first-order valence-corrected chi connectivity index (χ1v) is 9.31. The molecule has 3 rings (SSSR count). The Hall–Kier alpha value is -2.39. The zero-order chi connectivity index (χ0) is 19.8. The minimum absolute atomic E-state index is 0. The number of hydrogen-bond donors (Lipinski definition) is 3. The number of rotatable bonds is 8. The van der Waals surface area contributed by atoms with Gasteiger partial charge in [-0.05, 0) is 37.1 Å². The highest BCUT2D eigenvalue weighted by Crippen LogP contribution is 2.18. The van der Waals surface area contributed by atoms with Crippen molar-refractivity contribution >= 4 is 42.6 Å². The molecule has 2 aromatic rings. The lowest BCUT2D eigenvalue weighted by atomic mass is 10.2. The Kier molecular flexibility index (Phi) is 11.1. The molecule has 1 aliphatic rings. The topological polar surface area (TPSA) is 99.6 Å². The summed E-state index contributed by atoms with van der Waals surface area (Å²) in [7, 11) is 0. The summed E-state index contributed by atoms with van der Waals surface area (Å²) in [6, 6.07) is 8.57. The summed E-state index contributed by atoms with van der Waals surface area (Å²) in [5, 5.41) is 11.9. The van der Waals surface area contributed by atoms with Crippen LogP contribution in [0.5, 0.6) is 5.75 Å². The Morgan fingerprint density at radius 2 is 2.03 bits per heavy atom. The largest absolute Gasteiger partial charge is 0.494 e. The van der Waals surface area contributed by atoms with Crippen LogP contribution in [0.3, 0.4) is 0 Å². The number of likely N-dealkylation sites (tertiary alicyclic amines) is 1. The molecular weight excluding hydrogens is 429 g/mol. The number of anilines is 1. The van der Waals surface area contributed by atoms with Crippen LogP contribution in [0.1, 0.15) is 24.6 Å². The molecule has 10 heteroatoms. The highest BCUT2D eigenvalue weighted by atomic mass is 35.5. The molecule has 0 spiro atoms. The number of hydrogen-bond acceptors (Lipinski definition) is 7. The summed E-state index contributed by atoms with van der Waals surface area (Å²) in [4.78, 5) is 21.9. The molecular formula is C20H27Cl2N5O3. The molecule has 2 heterocycles. The van der Waals surface area contributed by atoms with E-state index in [1.165, 1.54) is 23.2 Å². The van der Waals surface area contributed by atoms with E-state index in [1.54, 1.807) is 12.4 Å². The van der Waals surface area contributed by atoms with E-state index >= 15 is 0 Å². The fraction of sp³-hybridized carbons (Fsp3) is 0.350. The lowest BCUT2D eigenvalue weighted by molar-refractivity contribution is -0.124. The van der Waals surface area contributed by atoms with Crippen LogP contribution in [0.4, 0.5) is 5.82 Å². The number of hydroxylamine groups is 1. The first-order valence-electron chi connectivity index (χ1n) is 9.31. The predicted molar refractivity (Wildman–Crippen MR) is 120 cm³/mol. The van der Waals surface area contributed by atoms with Crippen molar-refractivity contribution in [3.63, 3.8) is 0 Å². The normalized spacial score (nSPS) is 15.9. The van der Waals surface area contributed by atoms with Crippen LogP contribution in [0, 0.1) is 0 Å². The Bertz CT molecular complexity index is 803. The molecule has 1 fully saturated rings. The molecule has 1 aromatic carbocycles. The van der Waals surface area contributed by atoms with Gasteiger partial charge in [0.2, 0.25) is 0 Å². The van der Waals surface area contributed by atoms with E-state index in [-0.39, 0.29) is 24.8 Å². The number of ether oxygens (including phenoxy) is 1. The van der Waals surface area contributed by atoms with Crippen LogP contribution < -0.4 is 15.5 Å². The molecule has 1 aromatic heterocycles. The van der Waals surface area contributed by atoms with Crippen molar-refractivity contribution in [1.82, 2.24) is 20.3 Å². The molecule has 3 N–H and O–H groups in total. The van der Waals surface area contributed by atoms with Gasteiger partial charge in [0.05, 0.1) is 24.7 Å². The van der Waals surface area contributed by atoms with Crippen molar-refractivity contribution < 1.29 is 14.7 Å². The molecule has 8 nitrogen and oxygen atoms in total. The third-order valence-corrected chi connectivity index (χ3v) is 4.45. The Labute approximate surface area is 188 Å². The van der Waals surface area contributed by atoms with Gasteiger partial charge in [0.15, 0.2) is 0 Å². The monoisotopic (exact) mass is 455 g/mol. The molecule has 164 valence electrons. The Morgan fingerprint density at radius 3 is 2.67 bits per heavy atom. The van der Waals surface area contributed by atoms with Crippen molar-refractivity contribution in [2.45, 2.75) is 25.9 Å². The second kappa shape index (κ2) is 13.0. The van der Waals surface area contributed by atoms with Gasteiger partial charge in [0.25, 0.3) is 5.91 Å². The molecule has 1 aliphatic heterocycles. The zero-order valence-corrected chi connectivity index (χ0v) is 18.3. The number of carbonyl (C=O) groups is 1. The lowest BCUT2D eigenvalue weighted by Crippen LogP contribution is -2.26. The minimum Gasteiger partial charge on any atom is -0.494 e. The van der Waals surface area contributed by atoms with Crippen LogP contribution in [0.2, 0.25) is 0 Å². The number of aromatic nitrogens is 2. The van der Waals surface area contributed by atoms with Gasteiger partial charge in [-0.3, -0.25) is 19.9 Å². The summed E-state index contributed by atoms with van der Waals surface area (Å²) in [5.74, 6) is 1.00. The van der Waals surface area contributed by atoms with Gasteiger partial charge in [0.1, 0.15) is 11.6 Å². The summed E-state index contributed by atoms with van der Waals surface area (Å²) in [6.45, 7) is 5.53. The Balaban J connectivity index is 0.00000225. The highest BCUT2D eigenvalue weighted by molar-refractivity contribution is 5.90. The summed E-state index contributed by atoms with van der Waals surface area (Å²) >= 11 is 0. The van der Waals surface area contributed by atoms with Gasteiger partial charge in [0, 0.05) is 31.8 Å². The molecule has 1 saturated heterocycles. The number of halogens is 2. The lowest BCUT2D eigenvalue weighted by Gasteiger charge is -2.17. The molecule has 30 heavy (non-hydrogen) atoms. The quantitative estimate of drug-likeness (QED) is 0.319. The van der Waals surface area contributed by atoms with Crippen molar-refractivity contribution in [1.29, 1.82) is 0 Å². The molecule has 0 unspecified atom stereocenters. The zero-order valence-electron chi connectivity index (χ0n) is 16.7. The van der Waals surface area contributed by atoms with Crippen LogP contribution in [0.25, 0.3) is 6.08 Å². The molecule has 0 radical (unpaired) electrons. The van der Waals surface area contributed by atoms with E-state index in [2.05, 4.69) is 32.3 Å². The van der Waals surface area contributed by atoms with Crippen LogP contribution in [-0.2, 0) is 11.3 Å². The maximum Gasteiger partial charge on any atom is 0.267 e. The minimum atomic E-state index is -0.609. The Morgan fingerprint density at radius 1 is 1.27 bits per heavy atom. The summed E-state index contributed by atoms with van der Waals surface area (Å²) in [6.07, 6.45) is 6.93. The maximum absolute atomic E-state index is 11.0. The van der Waals surface area contributed by atoms with E-state index in [9.17, 15) is 4.79 Å². The first kappa shape index (κ1) is 25.6. The van der Waals surface area contributed by atoms with Gasteiger partial charge in [-0.1, -0.05) is 12.1 Å². The van der Waals surface area contributed by atoms with E-state index in [4.69, 9.17) is 9.94 Å². The number of amides is 1. The van der Waals surface area contributed by atoms with Crippen molar-refractivity contribution in [2.24, 2.45) is 0 Å². The summed E-state index contributed by atoms with van der Waals surface area (Å²) in [5.41, 5.74) is 3.34. The number of nitrogens with zero attached hydrogens (tertiary/aromatic N) is 3. The second-order valence-corrected chi connectivity index (χ2v) is 6.58. The fourth-order valence-corrected chi connectivity index (χ4v) is 3.12. The molecule has 0 bridgehead atoms. The van der Waals surface area contributed by atoms with Gasteiger partial charge in [-0.2, -0.15) is 0 Å². The standard InChI is InChI=1S/C20H25N5O3.2ClH/c1-2-28-18-6-3-15(4-7-18)13-25-10-9-17(14-25)23-19-12-21-16(11-22-19)5-8-20(26)24-27;;/h3-8,11-12,17,27H,2,9-10,13-14H2,1H3,(H,22,23)(H,24,26);2*1H/t17-;;/m1../s1. The fourth-order valence-electron chi connectivity index (χ4n) is 3.12. The third-order valence-electron chi connectivity index (χ3n) is 4.45. The average molecular weight is 456 g/mol. The van der Waals surface area contributed by atoms with E-state index in [1.807, 2.05) is 19.1 Å². The second-order valence-electron chi connectivity index (χ2n) is 6.58. The SMILES string of the molecule is CCOc1ccc(CN2CC[C@@H](Nc3cnc(C=CC(=O)NO)cn3)C2)cc1.Cl.Cl. The van der Waals surface area contributed by atoms with Crippen LogP contribution in [-0.4, -0.2) is 51.7 Å². The van der Waals surface area contributed by atoms with Gasteiger partial charge in [-0.15, -0.1) is 24.8 Å². The van der Waals surface area contributed by atoms with Gasteiger partial charge in [-0.25, -0.2) is 10.5 Å². The van der Waals surface area contributed by atoms with Crippen LogP contribution >= 0.6 is 24.8 Å². The van der Waals surface area contributed by atoms with Crippen molar-refractivity contribution in [3.05, 3.63) is 54.0 Å². The average Bonchev–Trinajstić information content (AvgIpc) is 3.15. The number of benzene rings is 1. The van der Waals surface area contributed by atoms with Gasteiger partial charge >= 0.3 is 0 Å². The number of carbonyl (C=O) groups excluding carboxylic acids is 1. The molecule has 1 atom stereocenters. The van der Waals surface area contributed by atoms with E-state index in [0.717, 1.165) is 31.8 Å². The van der Waals surface area contributed by atoms with Crippen LogP contribution in [0.15, 0.2) is 42.7 Å². The smallest absolute Gasteiger partial charge is 0.267 e. The van der Waals surface area contributed by atoms with Gasteiger partial charge < -0.3 is 10.1 Å². The number of nitrogens with one attached hydrogen (secondary N) is 2. The third kappa shape index (κ3) is 7.79. The van der Waals surface area contributed by atoms with Crippen molar-refractivity contribution in [3.8, 4) is 5.75 Å². The van der Waals surface area contributed by atoms with Crippen molar-refractivity contribution in [2.75, 3.05) is 25.0 Å². The molecule has 0 aliphatic carbocycles. The molecule has 0 saturated carbocycles. The maximum atomic E-state index is 11.0. The molecule has 1 amide bonds. The van der Waals surface area contributed by atoms with E-state index in [0.29, 0.717) is 24.2 Å². The highest BCUT2D eigenvalue weighted by Gasteiger charge is 2.22.